The van der Waals surface area contributed by atoms with E-state index in [-0.39, 0.29) is 5.06 Å². The second-order valence-electron chi connectivity index (χ2n) is 3.49. The molecule has 0 fully saturated rings. The first-order valence-electron chi connectivity index (χ1n) is 5.06. The van der Waals surface area contributed by atoms with E-state index in [4.69, 9.17) is 5.26 Å². The minimum absolute atomic E-state index is 0.0945. The lowest BCUT2D eigenvalue weighted by Gasteiger charge is -2.01. The number of nitrogens with zero attached hydrogens (tertiary/aromatic N) is 1. The molecule has 0 saturated carbocycles. The summed E-state index contributed by atoms with van der Waals surface area (Å²) in [7, 11) is 0. The number of rotatable bonds is 2. The Kier molecular flexibility index (Phi) is 2.93. The molecule has 2 aromatic rings. The number of nitriles is 1. The van der Waals surface area contributed by atoms with Crippen molar-refractivity contribution in [3.63, 3.8) is 0 Å². The van der Waals surface area contributed by atoms with Gasteiger partial charge in [0.25, 0.3) is 0 Å². The topological polar surface area (TPSA) is 44.0 Å². The number of benzene rings is 1. The van der Waals surface area contributed by atoms with E-state index in [1.165, 1.54) is 16.9 Å². The van der Waals surface area contributed by atoms with E-state index in [1.54, 1.807) is 0 Å². The highest BCUT2D eigenvalue weighted by Gasteiger charge is 2.11. The third kappa shape index (κ3) is 1.80. The molecule has 1 heterocycles. The minimum Gasteiger partial charge on any atom is -0.499 e. The zero-order valence-electron chi connectivity index (χ0n) is 8.90. The maximum Gasteiger partial charge on any atom is 0.190 e. The Hall–Kier alpha value is -1.79. The van der Waals surface area contributed by atoms with Crippen LogP contribution in [0, 0.1) is 11.3 Å². The lowest BCUT2D eigenvalue weighted by atomic mass is 10.0. The van der Waals surface area contributed by atoms with E-state index >= 15 is 0 Å². The van der Waals surface area contributed by atoms with E-state index in [1.807, 2.05) is 35.7 Å². The molecule has 1 aromatic heterocycles. The Bertz CT molecular complexity index is 534. The third-order valence-corrected chi connectivity index (χ3v) is 3.34. The Morgan fingerprint density at radius 2 is 2.00 bits per heavy atom. The fourth-order valence-electron chi connectivity index (χ4n) is 1.59. The van der Waals surface area contributed by atoms with Gasteiger partial charge in [0, 0.05) is 10.9 Å². The van der Waals surface area contributed by atoms with Crippen LogP contribution in [0.3, 0.4) is 0 Å². The first kappa shape index (κ1) is 10.7. The van der Waals surface area contributed by atoms with Crippen molar-refractivity contribution in [3.05, 3.63) is 40.8 Å². The summed E-state index contributed by atoms with van der Waals surface area (Å²) in [5.41, 5.74) is 3.42. The lowest BCUT2D eigenvalue weighted by Crippen LogP contribution is -1.82. The van der Waals surface area contributed by atoms with Crippen molar-refractivity contribution in [1.29, 1.82) is 5.26 Å². The van der Waals surface area contributed by atoms with Crippen LogP contribution >= 0.6 is 11.3 Å². The van der Waals surface area contributed by atoms with Gasteiger partial charge in [-0.3, -0.25) is 0 Å². The molecule has 16 heavy (non-hydrogen) atoms. The molecule has 0 aliphatic rings. The van der Waals surface area contributed by atoms with Gasteiger partial charge >= 0.3 is 0 Å². The van der Waals surface area contributed by atoms with Crippen LogP contribution in [0.5, 0.6) is 5.06 Å². The van der Waals surface area contributed by atoms with Crippen LogP contribution in [0.1, 0.15) is 18.1 Å². The molecule has 3 heteroatoms. The van der Waals surface area contributed by atoms with Gasteiger partial charge in [-0.15, -0.1) is 11.3 Å². The zero-order valence-corrected chi connectivity index (χ0v) is 9.71. The summed E-state index contributed by atoms with van der Waals surface area (Å²) in [6.07, 6.45) is 1.00. The van der Waals surface area contributed by atoms with Gasteiger partial charge in [-0.2, -0.15) is 5.26 Å². The van der Waals surface area contributed by atoms with E-state index in [9.17, 15) is 5.11 Å². The number of thiophene rings is 1. The molecule has 0 atom stereocenters. The second-order valence-corrected chi connectivity index (χ2v) is 4.35. The Morgan fingerprint density at radius 1 is 1.31 bits per heavy atom. The predicted molar refractivity (Wildman–Crippen MR) is 65.5 cm³/mol. The Morgan fingerprint density at radius 3 is 2.56 bits per heavy atom. The fourth-order valence-corrected chi connectivity index (χ4v) is 2.35. The number of hydrogen-bond acceptors (Lipinski definition) is 3. The third-order valence-electron chi connectivity index (χ3n) is 2.56. The Balaban J connectivity index is 2.47. The average Bonchev–Trinajstić information content (AvgIpc) is 2.70. The fraction of sp³-hybridized carbons (Fsp3) is 0.154. The smallest absolute Gasteiger partial charge is 0.190 e. The normalized spacial score (nSPS) is 10.0. The summed E-state index contributed by atoms with van der Waals surface area (Å²) in [4.78, 5) is 0. The average molecular weight is 229 g/mol. The highest BCUT2D eigenvalue weighted by Crippen LogP contribution is 2.35. The first-order valence-corrected chi connectivity index (χ1v) is 5.94. The van der Waals surface area contributed by atoms with Crippen molar-refractivity contribution < 1.29 is 5.11 Å². The summed E-state index contributed by atoms with van der Waals surface area (Å²) < 4.78 is 0. The summed E-state index contributed by atoms with van der Waals surface area (Å²) >= 11 is 1.19. The van der Waals surface area contributed by atoms with Gasteiger partial charge in [-0.05, 0) is 17.5 Å². The molecule has 0 unspecified atom stereocenters. The van der Waals surface area contributed by atoms with Gasteiger partial charge in [0.1, 0.15) is 11.6 Å². The SMILES string of the molecule is CCc1ccc(-c2csc(O)c2C#N)cc1. The van der Waals surface area contributed by atoms with Crippen molar-refractivity contribution >= 4 is 11.3 Å². The molecule has 0 aliphatic carbocycles. The van der Waals surface area contributed by atoms with Gasteiger partial charge in [0.15, 0.2) is 5.06 Å². The van der Waals surface area contributed by atoms with Crippen LogP contribution in [0.15, 0.2) is 29.6 Å². The molecule has 1 N–H and O–H groups in total. The number of aryl methyl sites for hydroxylation is 1. The lowest BCUT2D eigenvalue weighted by molar-refractivity contribution is 0.489. The van der Waals surface area contributed by atoms with Crippen molar-refractivity contribution in [2.75, 3.05) is 0 Å². The minimum atomic E-state index is 0.0945. The summed E-state index contributed by atoms with van der Waals surface area (Å²) in [6, 6.07) is 10.1. The zero-order chi connectivity index (χ0) is 11.5. The monoisotopic (exact) mass is 229 g/mol. The molecule has 2 rings (SSSR count). The summed E-state index contributed by atoms with van der Waals surface area (Å²) in [6.45, 7) is 2.10. The first-order chi connectivity index (χ1) is 7.76. The van der Waals surface area contributed by atoms with Crippen molar-refractivity contribution in [2.24, 2.45) is 0 Å². The molecule has 1 aromatic carbocycles. The van der Waals surface area contributed by atoms with Crippen LogP contribution in [0.4, 0.5) is 0 Å². The van der Waals surface area contributed by atoms with Crippen LogP contribution in [-0.4, -0.2) is 5.11 Å². The summed E-state index contributed by atoms with van der Waals surface area (Å²) in [5, 5.41) is 20.3. The standard InChI is InChI=1S/C13H11NOS/c1-2-9-3-5-10(6-4-9)12-8-16-13(15)11(12)7-14/h3-6,8,15H,2H2,1H3. The molecular formula is C13H11NOS. The van der Waals surface area contributed by atoms with Gasteiger partial charge in [-0.1, -0.05) is 31.2 Å². The van der Waals surface area contributed by atoms with E-state index in [0.29, 0.717) is 5.56 Å². The quantitative estimate of drug-likeness (QED) is 0.855. The van der Waals surface area contributed by atoms with Crippen LogP contribution in [0.2, 0.25) is 0 Å². The van der Waals surface area contributed by atoms with Crippen LogP contribution < -0.4 is 0 Å². The largest absolute Gasteiger partial charge is 0.499 e. The van der Waals surface area contributed by atoms with Crippen molar-refractivity contribution in [3.8, 4) is 22.3 Å². The molecule has 0 radical (unpaired) electrons. The van der Waals surface area contributed by atoms with Gasteiger partial charge in [-0.25, -0.2) is 0 Å². The second kappa shape index (κ2) is 4.38. The molecule has 0 saturated heterocycles. The van der Waals surface area contributed by atoms with E-state index < -0.39 is 0 Å². The van der Waals surface area contributed by atoms with Crippen molar-refractivity contribution in [1.82, 2.24) is 0 Å². The molecule has 80 valence electrons. The van der Waals surface area contributed by atoms with Crippen LogP contribution in [0.25, 0.3) is 11.1 Å². The number of aromatic hydroxyl groups is 1. The van der Waals surface area contributed by atoms with Gasteiger partial charge in [0.2, 0.25) is 0 Å². The molecule has 0 amide bonds. The van der Waals surface area contributed by atoms with E-state index in [0.717, 1.165) is 17.5 Å². The summed E-state index contributed by atoms with van der Waals surface area (Å²) in [5.74, 6) is 0. The van der Waals surface area contributed by atoms with E-state index in [2.05, 4.69) is 6.92 Å². The maximum atomic E-state index is 9.49. The highest BCUT2D eigenvalue weighted by molar-refractivity contribution is 7.12. The molecule has 0 bridgehead atoms. The molecule has 0 spiro atoms. The van der Waals surface area contributed by atoms with Crippen molar-refractivity contribution in [2.45, 2.75) is 13.3 Å². The molecule has 0 aliphatic heterocycles. The molecular weight excluding hydrogens is 218 g/mol. The maximum absolute atomic E-state index is 9.49. The predicted octanol–water partition coefficient (Wildman–Crippen LogP) is 3.55. The Labute approximate surface area is 98.4 Å². The van der Waals surface area contributed by atoms with Crippen LogP contribution in [-0.2, 0) is 6.42 Å². The highest BCUT2D eigenvalue weighted by atomic mass is 32.1. The molecule has 2 nitrogen and oxygen atoms in total. The van der Waals surface area contributed by atoms with Gasteiger partial charge in [0.05, 0.1) is 0 Å². The number of hydrogen-bond donors (Lipinski definition) is 1. The van der Waals surface area contributed by atoms with Gasteiger partial charge < -0.3 is 5.11 Å².